The zero-order valence-electron chi connectivity index (χ0n) is 14.5. The van der Waals surface area contributed by atoms with E-state index in [-0.39, 0.29) is 11.6 Å². The van der Waals surface area contributed by atoms with Gasteiger partial charge in [-0.15, -0.1) is 0 Å². The number of carbonyl (C=O) groups excluding carboxylic acids is 2. The Hall–Kier alpha value is -3.73. The summed E-state index contributed by atoms with van der Waals surface area (Å²) in [6.45, 7) is 1.33. The van der Waals surface area contributed by atoms with Gasteiger partial charge in [0.2, 0.25) is 5.90 Å². The second kappa shape index (κ2) is 6.88. The number of fused-ring (bicyclic) bond motifs is 1. The summed E-state index contributed by atoms with van der Waals surface area (Å²) < 4.78 is 10.6. The normalized spacial score (nSPS) is 14.9. The largest absolute Gasteiger partial charge is 0.426 e. The van der Waals surface area contributed by atoms with Gasteiger partial charge >= 0.3 is 11.9 Å². The Morgan fingerprint density at radius 1 is 1.00 bits per heavy atom. The minimum Gasteiger partial charge on any atom is -0.426 e. The average Bonchev–Trinajstić information content (AvgIpc) is 3.04. The summed E-state index contributed by atoms with van der Waals surface area (Å²) in [5.41, 5.74) is 1.47. The van der Waals surface area contributed by atoms with E-state index in [0.29, 0.717) is 16.9 Å². The van der Waals surface area contributed by atoms with Gasteiger partial charge in [0.05, 0.1) is 0 Å². The highest BCUT2D eigenvalue weighted by Crippen LogP contribution is 2.32. The van der Waals surface area contributed by atoms with Crippen LogP contribution in [-0.4, -0.2) is 17.8 Å². The Balaban J connectivity index is 1.85. The summed E-state index contributed by atoms with van der Waals surface area (Å²) in [5.74, 6) is -0.367. The maximum atomic E-state index is 12.3. The SMILES string of the molecule is CC(=O)Oc1ccc2ccccc2c1/C=C1/N=C(c2ccccc2)OC1=O. The Labute approximate surface area is 155 Å². The lowest BCUT2D eigenvalue weighted by Crippen LogP contribution is -2.05. The van der Waals surface area contributed by atoms with Crippen LogP contribution in [0.15, 0.2) is 77.4 Å². The maximum Gasteiger partial charge on any atom is 0.363 e. The molecule has 132 valence electrons. The van der Waals surface area contributed by atoms with Crippen molar-refractivity contribution in [1.82, 2.24) is 0 Å². The molecule has 0 atom stereocenters. The topological polar surface area (TPSA) is 65.0 Å². The van der Waals surface area contributed by atoms with Crippen molar-refractivity contribution in [2.45, 2.75) is 6.92 Å². The fraction of sp³-hybridized carbons (Fsp3) is 0.0455. The minimum atomic E-state index is -0.546. The first-order valence-corrected chi connectivity index (χ1v) is 8.40. The van der Waals surface area contributed by atoms with Crippen LogP contribution in [0.4, 0.5) is 0 Å². The lowest BCUT2D eigenvalue weighted by Gasteiger charge is -2.09. The second-order valence-corrected chi connectivity index (χ2v) is 5.99. The molecule has 3 aromatic rings. The first-order chi connectivity index (χ1) is 13.1. The molecule has 3 aromatic carbocycles. The third-order valence-electron chi connectivity index (χ3n) is 4.11. The molecule has 0 spiro atoms. The molecule has 1 aliphatic rings. The third kappa shape index (κ3) is 3.35. The van der Waals surface area contributed by atoms with Crippen molar-refractivity contribution in [2.24, 2.45) is 4.99 Å². The predicted octanol–water partition coefficient (Wildman–Crippen LogP) is 4.11. The zero-order valence-corrected chi connectivity index (χ0v) is 14.5. The van der Waals surface area contributed by atoms with Gasteiger partial charge in [-0.3, -0.25) is 4.79 Å². The number of hydrogen-bond donors (Lipinski definition) is 0. The fourth-order valence-corrected chi connectivity index (χ4v) is 2.92. The molecule has 0 unspecified atom stereocenters. The van der Waals surface area contributed by atoms with E-state index in [1.165, 1.54) is 6.92 Å². The van der Waals surface area contributed by atoms with Gasteiger partial charge in [-0.25, -0.2) is 9.79 Å². The number of rotatable bonds is 3. The van der Waals surface area contributed by atoms with Crippen molar-refractivity contribution in [3.05, 3.63) is 83.6 Å². The molecule has 0 radical (unpaired) electrons. The van der Waals surface area contributed by atoms with Crippen molar-refractivity contribution in [2.75, 3.05) is 0 Å². The molecule has 0 aromatic heterocycles. The monoisotopic (exact) mass is 357 g/mol. The highest BCUT2D eigenvalue weighted by molar-refractivity contribution is 6.13. The third-order valence-corrected chi connectivity index (χ3v) is 4.11. The van der Waals surface area contributed by atoms with Crippen molar-refractivity contribution < 1.29 is 19.1 Å². The molecular weight excluding hydrogens is 342 g/mol. The van der Waals surface area contributed by atoms with Crippen LogP contribution in [0, 0.1) is 0 Å². The molecule has 0 fully saturated rings. The van der Waals surface area contributed by atoms with Crippen molar-refractivity contribution >= 4 is 34.7 Å². The van der Waals surface area contributed by atoms with E-state index in [2.05, 4.69) is 4.99 Å². The highest BCUT2D eigenvalue weighted by Gasteiger charge is 2.25. The van der Waals surface area contributed by atoms with E-state index >= 15 is 0 Å². The molecule has 27 heavy (non-hydrogen) atoms. The Bertz CT molecular complexity index is 1110. The van der Waals surface area contributed by atoms with E-state index in [0.717, 1.165) is 10.8 Å². The van der Waals surface area contributed by atoms with Gasteiger partial charge in [-0.2, -0.15) is 0 Å². The van der Waals surface area contributed by atoms with Crippen LogP contribution in [0.5, 0.6) is 5.75 Å². The molecule has 4 rings (SSSR count). The second-order valence-electron chi connectivity index (χ2n) is 5.99. The smallest absolute Gasteiger partial charge is 0.363 e. The van der Waals surface area contributed by atoms with Gasteiger partial charge in [-0.05, 0) is 35.0 Å². The average molecular weight is 357 g/mol. The number of ether oxygens (including phenoxy) is 2. The van der Waals surface area contributed by atoms with E-state index in [4.69, 9.17) is 9.47 Å². The number of carbonyl (C=O) groups is 2. The molecule has 5 heteroatoms. The van der Waals surface area contributed by atoms with Crippen LogP contribution in [0.2, 0.25) is 0 Å². The summed E-state index contributed by atoms with van der Waals surface area (Å²) in [6.07, 6.45) is 1.60. The number of aliphatic imine (C=N–C) groups is 1. The number of esters is 2. The minimum absolute atomic E-state index is 0.151. The highest BCUT2D eigenvalue weighted by atomic mass is 16.6. The summed E-state index contributed by atoms with van der Waals surface area (Å²) in [6, 6.07) is 20.4. The quantitative estimate of drug-likeness (QED) is 0.402. The predicted molar refractivity (Wildman–Crippen MR) is 102 cm³/mol. The Morgan fingerprint density at radius 3 is 2.52 bits per heavy atom. The first-order valence-electron chi connectivity index (χ1n) is 8.40. The summed E-state index contributed by atoms with van der Waals surface area (Å²) in [4.78, 5) is 28.1. The number of nitrogens with zero attached hydrogens (tertiary/aromatic N) is 1. The summed E-state index contributed by atoms with van der Waals surface area (Å²) >= 11 is 0. The van der Waals surface area contributed by atoms with E-state index in [1.54, 1.807) is 12.1 Å². The number of hydrogen-bond acceptors (Lipinski definition) is 5. The van der Waals surface area contributed by atoms with Crippen LogP contribution < -0.4 is 4.74 Å². The number of benzene rings is 3. The Kier molecular flexibility index (Phi) is 4.26. The molecule has 0 saturated heterocycles. The molecule has 0 bridgehead atoms. The lowest BCUT2D eigenvalue weighted by atomic mass is 10.0. The van der Waals surface area contributed by atoms with Gasteiger partial charge in [0.15, 0.2) is 5.70 Å². The van der Waals surface area contributed by atoms with Crippen LogP contribution in [0.3, 0.4) is 0 Å². The molecule has 0 N–H and O–H groups in total. The van der Waals surface area contributed by atoms with Gasteiger partial charge < -0.3 is 9.47 Å². The Morgan fingerprint density at radius 2 is 1.74 bits per heavy atom. The standard InChI is InChI=1S/C22H15NO4/c1-14(24)26-20-12-11-15-7-5-6-10-17(15)18(20)13-19-22(25)27-21(23-19)16-8-3-2-4-9-16/h2-13H,1H3/b19-13+. The summed E-state index contributed by atoms with van der Waals surface area (Å²) in [5, 5.41) is 1.80. The molecule has 0 amide bonds. The van der Waals surface area contributed by atoms with Crippen LogP contribution in [0.25, 0.3) is 16.8 Å². The van der Waals surface area contributed by atoms with Gasteiger partial charge in [0.25, 0.3) is 0 Å². The number of cyclic esters (lactones) is 1. The first kappa shape index (κ1) is 16.7. The van der Waals surface area contributed by atoms with Crippen molar-refractivity contribution in [1.29, 1.82) is 0 Å². The van der Waals surface area contributed by atoms with E-state index in [1.807, 2.05) is 60.7 Å². The molecule has 1 aliphatic heterocycles. The lowest BCUT2D eigenvalue weighted by molar-refractivity contribution is -0.132. The molecule has 1 heterocycles. The maximum absolute atomic E-state index is 12.3. The van der Waals surface area contributed by atoms with Crippen LogP contribution >= 0.6 is 0 Å². The van der Waals surface area contributed by atoms with Gasteiger partial charge in [0.1, 0.15) is 5.75 Å². The fourth-order valence-electron chi connectivity index (χ4n) is 2.92. The van der Waals surface area contributed by atoms with Crippen molar-refractivity contribution in [3.63, 3.8) is 0 Å². The van der Waals surface area contributed by atoms with E-state index < -0.39 is 11.9 Å². The zero-order chi connectivity index (χ0) is 18.8. The molecule has 0 saturated carbocycles. The van der Waals surface area contributed by atoms with Crippen LogP contribution in [0.1, 0.15) is 18.1 Å². The molecule has 5 nitrogen and oxygen atoms in total. The van der Waals surface area contributed by atoms with Crippen LogP contribution in [-0.2, 0) is 14.3 Å². The molecular formula is C22H15NO4. The van der Waals surface area contributed by atoms with Gasteiger partial charge in [0, 0.05) is 18.1 Å². The van der Waals surface area contributed by atoms with E-state index in [9.17, 15) is 9.59 Å². The van der Waals surface area contributed by atoms with Gasteiger partial charge in [-0.1, -0.05) is 48.5 Å². The molecule has 0 aliphatic carbocycles. The summed E-state index contributed by atoms with van der Waals surface area (Å²) in [7, 11) is 0. The van der Waals surface area contributed by atoms with Crippen molar-refractivity contribution in [3.8, 4) is 5.75 Å².